The molecule has 0 bridgehead atoms. The normalized spacial score (nSPS) is 14.8. The molecule has 0 aromatic heterocycles. The lowest BCUT2D eigenvalue weighted by Gasteiger charge is -2.23. The van der Waals surface area contributed by atoms with Gasteiger partial charge in [-0.25, -0.2) is 0 Å². The monoisotopic (exact) mass is 270 g/mol. The molecule has 0 heterocycles. The third-order valence-corrected chi connectivity index (χ3v) is 2.40. The molecule has 0 saturated heterocycles. The van der Waals surface area contributed by atoms with Crippen molar-refractivity contribution in [1.82, 2.24) is 0 Å². The summed E-state index contributed by atoms with van der Waals surface area (Å²) in [5, 5.41) is 0. The van der Waals surface area contributed by atoms with Crippen LogP contribution < -0.4 is 0 Å². The average Bonchev–Trinajstić information content (AvgIpc) is 2.24. The Hall–Kier alpha value is -1.27. The maximum atomic E-state index is 12.6. The smallest absolute Gasteiger partial charge is 0.392 e. The first-order valence-electron chi connectivity index (χ1n) is 5.62. The van der Waals surface area contributed by atoms with E-state index >= 15 is 0 Å². The highest BCUT2D eigenvalue weighted by atomic mass is 19.4. The van der Waals surface area contributed by atoms with Crippen molar-refractivity contribution in [3.8, 4) is 0 Å². The number of rotatable bonds is 6. The third kappa shape index (κ3) is 5.37. The predicted molar refractivity (Wildman–Crippen MR) is 56.6 cm³/mol. The van der Waals surface area contributed by atoms with Crippen molar-refractivity contribution in [2.24, 2.45) is 11.8 Å². The first-order chi connectivity index (χ1) is 8.23. The summed E-state index contributed by atoms with van der Waals surface area (Å²) in [7, 11) is 0. The van der Waals surface area contributed by atoms with Crippen LogP contribution in [0, 0.1) is 11.8 Å². The van der Waals surface area contributed by atoms with E-state index in [-0.39, 0.29) is 13.2 Å². The molecular formula is C11H17F3O4. The highest BCUT2D eigenvalue weighted by molar-refractivity contribution is 5.80. The van der Waals surface area contributed by atoms with Crippen LogP contribution in [0.1, 0.15) is 27.2 Å². The molecule has 0 aliphatic heterocycles. The molecule has 0 aliphatic carbocycles. The van der Waals surface area contributed by atoms with Crippen molar-refractivity contribution in [1.29, 1.82) is 0 Å². The third-order valence-electron chi connectivity index (χ3n) is 2.40. The van der Waals surface area contributed by atoms with E-state index < -0.39 is 36.4 Å². The fraction of sp³-hybridized carbons (Fsp3) is 0.818. The fourth-order valence-electron chi connectivity index (χ4n) is 1.34. The molecule has 106 valence electrons. The molecule has 2 atom stereocenters. The lowest BCUT2D eigenvalue weighted by Crippen LogP contribution is -2.35. The zero-order valence-corrected chi connectivity index (χ0v) is 10.5. The van der Waals surface area contributed by atoms with E-state index in [2.05, 4.69) is 9.47 Å². The van der Waals surface area contributed by atoms with Crippen LogP contribution in [-0.2, 0) is 19.1 Å². The van der Waals surface area contributed by atoms with Crippen molar-refractivity contribution in [3.05, 3.63) is 0 Å². The fourth-order valence-corrected chi connectivity index (χ4v) is 1.34. The van der Waals surface area contributed by atoms with Gasteiger partial charge in [0, 0.05) is 0 Å². The molecular weight excluding hydrogens is 253 g/mol. The maximum Gasteiger partial charge on any atom is 0.392 e. The molecule has 0 radical (unpaired) electrons. The molecule has 0 fully saturated rings. The molecule has 7 heteroatoms. The van der Waals surface area contributed by atoms with E-state index in [4.69, 9.17) is 0 Å². The molecule has 0 amide bonds. The lowest BCUT2D eigenvalue weighted by atomic mass is 9.90. The number of ether oxygens (including phenoxy) is 2. The highest BCUT2D eigenvalue weighted by Crippen LogP contribution is 2.34. The van der Waals surface area contributed by atoms with Crippen LogP contribution in [-0.4, -0.2) is 31.3 Å². The Bertz CT molecular complexity index is 289. The van der Waals surface area contributed by atoms with Crippen LogP contribution in [0.2, 0.25) is 0 Å². The number of hydrogen-bond acceptors (Lipinski definition) is 4. The van der Waals surface area contributed by atoms with Crippen LogP contribution in [0.4, 0.5) is 13.2 Å². The number of esters is 2. The van der Waals surface area contributed by atoms with Crippen LogP contribution in [0.15, 0.2) is 0 Å². The van der Waals surface area contributed by atoms with Crippen molar-refractivity contribution in [2.45, 2.75) is 33.4 Å². The quantitative estimate of drug-likeness (QED) is 0.695. The molecule has 0 spiro atoms. The van der Waals surface area contributed by atoms with Gasteiger partial charge in [-0.1, -0.05) is 6.92 Å². The van der Waals surface area contributed by atoms with E-state index in [1.807, 2.05) is 0 Å². The van der Waals surface area contributed by atoms with E-state index in [0.29, 0.717) is 0 Å². The lowest BCUT2D eigenvalue weighted by molar-refractivity contribution is -0.196. The van der Waals surface area contributed by atoms with Gasteiger partial charge in [-0.15, -0.1) is 0 Å². The molecule has 0 aromatic carbocycles. The largest absolute Gasteiger partial charge is 0.466 e. The van der Waals surface area contributed by atoms with E-state index in [0.717, 1.165) is 6.92 Å². The van der Waals surface area contributed by atoms with Crippen molar-refractivity contribution < 1.29 is 32.2 Å². The van der Waals surface area contributed by atoms with Gasteiger partial charge in [0.1, 0.15) is 0 Å². The Morgan fingerprint density at radius 2 is 1.61 bits per heavy atom. The van der Waals surface area contributed by atoms with E-state index in [9.17, 15) is 22.8 Å². The summed E-state index contributed by atoms with van der Waals surface area (Å²) in [6.07, 6.45) is -5.20. The van der Waals surface area contributed by atoms with Crippen LogP contribution in [0.5, 0.6) is 0 Å². The van der Waals surface area contributed by atoms with Gasteiger partial charge in [0.2, 0.25) is 0 Å². The van der Waals surface area contributed by atoms with Crippen LogP contribution >= 0.6 is 0 Å². The summed E-state index contributed by atoms with van der Waals surface area (Å²) >= 11 is 0. The molecule has 0 aromatic rings. The Labute approximate surface area is 103 Å². The Balaban J connectivity index is 4.83. The zero-order chi connectivity index (χ0) is 14.3. The Kier molecular flexibility index (Phi) is 6.72. The molecule has 4 nitrogen and oxygen atoms in total. The highest BCUT2D eigenvalue weighted by Gasteiger charge is 2.45. The van der Waals surface area contributed by atoms with Gasteiger partial charge in [-0.05, 0) is 13.8 Å². The molecule has 0 saturated carbocycles. The second kappa shape index (κ2) is 7.23. The summed E-state index contributed by atoms with van der Waals surface area (Å²) in [6.45, 7) is 3.88. The van der Waals surface area contributed by atoms with Gasteiger partial charge in [-0.3, -0.25) is 9.59 Å². The van der Waals surface area contributed by atoms with Crippen LogP contribution in [0.3, 0.4) is 0 Å². The van der Waals surface area contributed by atoms with E-state index in [1.165, 1.54) is 13.8 Å². The SMILES string of the molecule is CCOC(=O)CC(C(=O)OCC)C(C)C(F)(F)F. The van der Waals surface area contributed by atoms with Gasteiger partial charge < -0.3 is 9.47 Å². The van der Waals surface area contributed by atoms with Gasteiger partial charge >= 0.3 is 18.1 Å². The summed E-state index contributed by atoms with van der Waals surface area (Å²) in [5.74, 6) is -5.40. The van der Waals surface area contributed by atoms with Crippen LogP contribution in [0.25, 0.3) is 0 Å². The van der Waals surface area contributed by atoms with Gasteiger partial charge in [0.05, 0.1) is 31.5 Å². The van der Waals surface area contributed by atoms with Crippen molar-refractivity contribution >= 4 is 11.9 Å². The molecule has 2 unspecified atom stereocenters. The standard InChI is InChI=1S/C11H17F3O4/c1-4-17-9(15)6-8(10(16)18-5-2)7(3)11(12,13)14/h7-8H,4-6H2,1-3H3. The summed E-state index contributed by atoms with van der Waals surface area (Å²) in [6, 6.07) is 0. The van der Waals surface area contributed by atoms with Gasteiger partial charge in [-0.2, -0.15) is 13.2 Å². The minimum Gasteiger partial charge on any atom is -0.466 e. The number of alkyl halides is 3. The average molecular weight is 270 g/mol. The first kappa shape index (κ1) is 16.7. The first-order valence-corrected chi connectivity index (χ1v) is 5.62. The number of carbonyl (C=O) groups excluding carboxylic acids is 2. The predicted octanol–water partition coefficient (Wildman–Crippen LogP) is 2.32. The number of hydrogen-bond donors (Lipinski definition) is 0. The second-order valence-electron chi connectivity index (χ2n) is 3.70. The summed E-state index contributed by atoms with van der Waals surface area (Å²) < 4.78 is 46.8. The van der Waals surface area contributed by atoms with Crippen molar-refractivity contribution in [3.63, 3.8) is 0 Å². The second-order valence-corrected chi connectivity index (χ2v) is 3.70. The minimum atomic E-state index is -4.57. The topological polar surface area (TPSA) is 52.6 Å². The van der Waals surface area contributed by atoms with Gasteiger partial charge in [0.25, 0.3) is 0 Å². The minimum absolute atomic E-state index is 0.0390. The number of halogens is 3. The zero-order valence-electron chi connectivity index (χ0n) is 10.5. The molecule has 0 aliphatic rings. The van der Waals surface area contributed by atoms with E-state index in [1.54, 1.807) is 0 Å². The Morgan fingerprint density at radius 1 is 1.11 bits per heavy atom. The summed E-state index contributed by atoms with van der Waals surface area (Å²) in [4.78, 5) is 22.6. The maximum absolute atomic E-state index is 12.6. The Morgan fingerprint density at radius 3 is 2.00 bits per heavy atom. The molecule has 18 heavy (non-hydrogen) atoms. The summed E-state index contributed by atoms with van der Waals surface area (Å²) in [5.41, 5.74) is 0. The molecule has 0 N–H and O–H groups in total. The van der Waals surface area contributed by atoms with Crippen molar-refractivity contribution in [2.75, 3.05) is 13.2 Å². The molecule has 0 rings (SSSR count). The number of carbonyl (C=O) groups is 2. The van der Waals surface area contributed by atoms with Gasteiger partial charge in [0.15, 0.2) is 0 Å².